The van der Waals surface area contributed by atoms with E-state index in [1.165, 1.54) is 10.4 Å². The largest absolute Gasteiger partial charge is 0.351 e. The number of hydrogen-bond donors (Lipinski definition) is 2. The Morgan fingerprint density at radius 2 is 2.00 bits per heavy atom. The second-order valence-corrected chi connectivity index (χ2v) is 8.85. The number of hydrogen-bond acceptors (Lipinski definition) is 5. The lowest BCUT2D eigenvalue weighted by atomic mass is 10.1. The second kappa shape index (κ2) is 7.55. The normalized spacial score (nSPS) is 14.8. The number of anilines is 1. The van der Waals surface area contributed by atoms with Crippen molar-refractivity contribution in [1.82, 2.24) is 10.2 Å². The van der Waals surface area contributed by atoms with Gasteiger partial charge in [0, 0.05) is 42.3 Å². The van der Waals surface area contributed by atoms with E-state index >= 15 is 0 Å². The Morgan fingerprint density at radius 3 is 2.72 bits per heavy atom. The van der Waals surface area contributed by atoms with Crippen molar-refractivity contribution in [3.63, 3.8) is 0 Å². The van der Waals surface area contributed by atoms with Gasteiger partial charge in [0.15, 0.2) is 0 Å². The molecule has 2 aromatic rings. The molecule has 1 aliphatic heterocycles. The van der Waals surface area contributed by atoms with Crippen LogP contribution in [-0.2, 0) is 23.0 Å². The highest BCUT2D eigenvalue weighted by molar-refractivity contribution is 7.92. The average molecular weight is 380 g/mol. The van der Waals surface area contributed by atoms with Crippen molar-refractivity contribution in [2.75, 3.05) is 30.6 Å². The van der Waals surface area contributed by atoms with Crippen LogP contribution < -0.4 is 10.0 Å². The summed E-state index contributed by atoms with van der Waals surface area (Å²) in [6, 6.07) is 8.59. The number of carbonyl (C=O) groups is 1. The molecule has 0 fully saturated rings. The number of thiophene rings is 1. The molecule has 6 nitrogen and oxygen atoms in total. The number of fused-ring (bicyclic) bond motifs is 1. The molecule has 0 spiro atoms. The minimum Gasteiger partial charge on any atom is -0.351 e. The number of nitrogens with zero attached hydrogens (tertiary/aromatic N) is 1. The van der Waals surface area contributed by atoms with Crippen molar-refractivity contribution in [3.8, 4) is 0 Å². The molecule has 0 bridgehead atoms. The Kier molecular flexibility index (Phi) is 5.41. The number of sulfonamides is 1. The highest BCUT2D eigenvalue weighted by atomic mass is 32.2. The quantitative estimate of drug-likeness (QED) is 0.804. The van der Waals surface area contributed by atoms with Gasteiger partial charge in [0.2, 0.25) is 10.0 Å². The maximum Gasteiger partial charge on any atom is 0.251 e. The number of nitrogens with one attached hydrogen (secondary N) is 2. The first kappa shape index (κ1) is 17.9. The molecule has 1 aromatic heterocycles. The average Bonchev–Trinajstić information content (AvgIpc) is 3.01. The van der Waals surface area contributed by atoms with E-state index in [1.54, 1.807) is 35.6 Å². The van der Waals surface area contributed by atoms with E-state index in [-0.39, 0.29) is 5.91 Å². The topological polar surface area (TPSA) is 78.5 Å². The molecule has 8 heteroatoms. The second-order valence-electron chi connectivity index (χ2n) is 6.10. The van der Waals surface area contributed by atoms with Crippen molar-refractivity contribution in [2.24, 2.45) is 0 Å². The molecule has 0 unspecified atom stereocenters. The van der Waals surface area contributed by atoms with Crippen LogP contribution in [0.5, 0.6) is 0 Å². The lowest BCUT2D eigenvalue weighted by molar-refractivity contribution is 0.0947. The third kappa shape index (κ3) is 5.04. The van der Waals surface area contributed by atoms with E-state index < -0.39 is 10.0 Å². The lowest BCUT2D eigenvalue weighted by Crippen LogP contribution is -2.37. The molecular formula is C17H21N3O3S2. The molecule has 25 heavy (non-hydrogen) atoms. The van der Waals surface area contributed by atoms with Crippen molar-refractivity contribution in [3.05, 3.63) is 51.7 Å². The first-order valence-corrected chi connectivity index (χ1v) is 10.8. The summed E-state index contributed by atoms with van der Waals surface area (Å²) >= 11 is 1.79. The summed E-state index contributed by atoms with van der Waals surface area (Å²) in [7, 11) is -3.31. The van der Waals surface area contributed by atoms with Crippen LogP contribution in [0.3, 0.4) is 0 Å². The summed E-state index contributed by atoms with van der Waals surface area (Å²) in [6.45, 7) is 3.37. The first-order chi connectivity index (χ1) is 11.9. The Balaban J connectivity index is 1.46. The summed E-state index contributed by atoms with van der Waals surface area (Å²) in [5.41, 5.74) is 2.41. The SMILES string of the molecule is CS(=O)(=O)Nc1ccc(C(=O)NCCN2CCc3ccsc3C2)cc1. The molecule has 0 radical (unpaired) electrons. The summed E-state index contributed by atoms with van der Waals surface area (Å²) in [4.78, 5) is 15.9. The van der Waals surface area contributed by atoms with E-state index in [0.717, 1.165) is 32.3 Å². The molecule has 0 atom stereocenters. The van der Waals surface area contributed by atoms with Crippen molar-refractivity contribution in [2.45, 2.75) is 13.0 Å². The summed E-state index contributed by atoms with van der Waals surface area (Å²) in [6.07, 6.45) is 2.16. The van der Waals surface area contributed by atoms with Crippen LogP contribution in [-0.4, -0.2) is 45.1 Å². The number of carbonyl (C=O) groups excluding carboxylic acids is 1. The predicted octanol–water partition coefficient (Wildman–Crippen LogP) is 1.91. The van der Waals surface area contributed by atoms with Crippen LogP contribution >= 0.6 is 11.3 Å². The predicted molar refractivity (Wildman–Crippen MR) is 101 cm³/mol. The molecule has 1 amide bonds. The molecule has 0 saturated heterocycles. The van der Waals surface area contributed by atoms with E-state index in [9.17, 15) is 13.2 Å². The van der Waals surface area contributed by atoms with Crippen molar-refractivity contribution >= 4 is 33.0 Å². The van der Waals surface area contributed by atoms with Crippen molar-refractivity contribution in [1.29, 1.82) is 0 Å². The van der Waals surface area contributed by atoms with Crippen LogP contribution in [0.4, 0.5) is 5.69 Å². The highest BCUT2D eigenvalue weighted by Crippen LogP contribution is 2.23. The summed E-state index contributed by atoms with van der Waals surface area (Å²) in [5, 5.41) is 5.05. The first-order valence-electron chi connectivity index (χ1n) is 8.04. The minimum atomic E-state index is -3.31. The van der Waals surface area contributed by atoms with Gasteiger partial charge in [0.1, 0.15) is 0 Å². The number of benzene rings is 1. The minimum absolute atomic E-state index is 0.153. The molecule has 0 aliphatic carbocycles. The van der Waals surface area contributed by atoms with Gasteiger partial charge in [-0.1, -0.05) is 0 Å². The molecule has 2 N–H and O–H groups in total. The molecule has 1 aromatic carbocycles. The Morgan fingerprint density at radius 1 is 1.24 bits per heavy atom. The Hall–Kier alpha value is -1.90. The zero-order valence-corrected chi connectivity index (χ0v) is 15.6. The van der Waals surface area contributed by atoms with Gasteiger partial charge in [-0.2, -0.15) is 0 Å². The summed E-state index contributed by atoms with van der Waals surface area (Å²) < 4.78 is 24.7. The molecule has 0 saturated carbocycles. The molecular weight excluding hydrogens is 358 g/mol. The van der Waals surface area contributed by atoms with Gasteiger partial charge in [0.05, 0.1) is 6.26 Å². The standard InChI is InChI=1S/C17H21N3O3S2/c1-25(22,23)19-15-4-2-14(3-5-15)17(21)18-8-10-20-9-6-13-7-11-24-16(13)12-20/h2-5,7,11,19H,6,8-10,12H2,1H3,(H,18,21). The number of rotatable bonds is 6. The maximum absolute atomic E-state index is 12.2. The van der Waals surface area contributed by atoms with Crippen LogP contribution in [0.2, 0.25) is 0 Å². The maximum atomic E-state index is 12.2. The van der Waals surface area contributed by atoms with Gasteiger partial charge in [0.25, 0.3) is 5.91 Å². The van der Waals surface area contributed by atoms with E-state index in [0.29, 0.717) is 17.8 Å². The van der Waals surface area contributed by atoms with Crippen LogP contribution in [0.1, 0.15) is 20.8 Å². The lowest BCUT2D eigenvalue weighted by Gasteiger charge is -2.26. The van der Waals surface area contributed by atoms with Crippen LogP contribution in [0, 0.1) is 0 Å². The van der Waals surface area contributed by atoms with Crippen LogP contribution in [0.15, 0.2) is 35.7 Å². The van der Waals surface area contributed by atoms with Gasteiger partial charge in [-0.15, -0.1) is 11.3 Å². The Bertz CT molecular complexity index is 844. The van der Waals surface area contributed by atoms with Gasteiger partial charge in [-0.25, -0.2) is 8.42 Å². The third-order valence-electron chi connectivity index (χ3n) is 4.07. The molecule has 134 valence electrons. The fourth-order valence-electron chi connectivity index (χ4n) is 2.81. The molecule has 3 rings (SSSR count). The fraction of sp³-hybridized carbons (Fsp3) is 0.353. The smallest absolute Gasteiger partial charge is 0.251 e. The van der Waals surface area contributed by atoms with Gasteiger partial charge in [-0.3, -0.25) is 14.4 Å². The third-order valence-corrected chi connectivity index (χ3v) is 5.62. The van der Waals surface area contributed by atoms with Gasteiger partial charge in [-0.05, 0) is 47.7 Å². The molecule has 2 heterocycles. The Labute approximate surface area is 151 Å². The zero-order chi connectivity index (χ0) is 17.9. The van der Waals surface area contributed by atoms with Crippen LogP contribution in [0.25, 0.3) is 0 Å². The number of amides is 1. The summed E-state index contributed by atoms with van der Waals surface area (Å²) in [5.74, 6) is -0.153. The van der Waals surface area contributed by atoms with E-state index in [4.69, 9.17) is 0 Å². The zero-order valence-electron chi connectivity index (χ0n) is 14.0. The van der Waals surface area contributed by atoms with Gasteiger partial charge < -0.3 is 5.32 Å². The fourth-order valence-corrected chi connectivity index (χ4v) is 4.35. The van der Waals surface area contributed by atoms with E-state index in [2.05, 4.69) is 26.4 Å². The van der Waals surface area contributed by atoms with Gasteiger partial charge >= 0.3 is 0 Å². The molecule has 1 aliphatic rings. The highest BCUT2D eigenvalue weighted by Gasteiger charge is 2.17. The van der Waals surface area contributed by atoms with Crippen molar-refractivity contribution < 1.29 is 13.2 Å². The van der Waals surface area contributed by atoms with E-state index in [1.807, 2.05) is 0 Å². The monoisotopic (exact) mass is 379 g/mol.